The molecular weight excluding hydrogens is 169 g/mol. The molecule has 0 spiro atoms. The maximum absolute atomic E-state index is 6.50. The van der Waals surface area contributed by atoms with Gasteiger partial charge in [-0.1, -0.05) is 29.3 Å². The van der Waals surface area contributed by atoms with E-state index in [0.717, 1.165) is 0 Å². The first-order valence-electron chi connectivity index (χ1n) is 2.46. The van der Waals surface area contributed by atoms with Crippen molar-refractivity contribution in [2.75, 3.05) is 0 Å². The number of nitriles is 1. The van der Waals surface area contributed by atoms with Crippen LogP contribution in [-0.2, 0) is 0 Å². The summed E-state index contributed by atoms with van der Waals surface area (Å²) in [5.41, 5.74) is 0. The monoisotopic (exact) mass is 173 g/mol. The van der Waals surface area contributed by atoms with E-state index in [4.69, 9.17) is 28.5 Å². The Morgan fingerprint density at radius 2 is 1.50 bits per heavy atom. The molecule has 0 radical (unpaired) electrons. The second-order valence-corrected chi connectivity index (χ2v) is 2.31. The van der Waals surface area contributed by atoms with Gasteiger partial charge in [-0.2, -0.15) is 0 Å². The van der Waals surface area contributed by atoms with E-state index in [2.05, 4.69) is 6.57 Å². The molecule has 0 atom stereocenters. The molecule has 0 aliphatic heterocycles. The molecule has 0 fully saturated rings. The molecule has 0 N–H and O–H groups in total. The minimum Gasteiger partial charge on any atom is -0.202 e. The van der Waals surface area contributed by atoms with Gasteiger partial charge in [0, 0.05) is 16.6 Å². The summed E-state index contributed by atoms with van der Waals surface area (Å²) in [6.45, 7) is 3.50. The first kappa shape index (κ1) is 9.29. The van der Waals surface area contributed by atoms with Crippen LogP contribution in [0.2, 0.25) is 10.0 Å². The molecule has 0 heterocycles. The lowest BCUT2D eigenvalue weighted by molar-refractivity contribution is 1.58. The Labute approximate surface area is 69.8 Å². The summed E-state index contributed by atoms with van der Waals surface area (Å²) in [4.78, 5) is 0. The van der Waals surface area contributed by atoms with Crippen molar-refractivity contribution >= 4 is 23.2 Å². The maximum atomic E-state index is 6.50. The van der Waals surface area contributed by atoms with Crippen LogP contribution in [-0.4, -0.2) is 0 Å². The highest BCUT2D eigenvalue weighted by Gasteiger charge is 1.84. The van der Waals surface area contributed by atoms with Gasteiger partial charge in [-0.05, 0) is 18.2 Å². The quantitative estimate of drug-likeness (QED) is 0.592. The van der Waals surface area contributed by atoms with Gasteiger partial charge in [0.05, 0.1) is 0 Å². The van der Waals surface area contributed by atoms with Gasteiger partial charge in [0.25, 0.3) is 0 Å². The van der Waals surface area contributed by atoms with Gasteiger partial charge in [-0.15, -0.1) is 0 Å². The fraction of sp³-hybridized carbons (Fsp3) is 0. The summed E-state index contributed by atoms with van der Waals surface area (Å²) >= 11 is 11.1. The van der Waals surface area contributed by atoms with E-state index in [1.807, 2.05) is 6.07 Å². The third kappa shape index (κ3) is 3.34. The van der Waals surface area contributed by atoms with Crippen molar-refractivity contribution in [2.45, 2.75) is 0 Å². The third-order valence-corrected chi connectivity index (χ3v) is 1.26. The molecule has 0 amide bonds. The van der Waals surface area contributed by atoms with Crippen LogP contribution in [0.25, 0.3) is 0 Å². The van der Waals surface area contributed by atoms with Crippen LogP contribution in [0.5, 0.6) is 0 Å². The lowest BCUT2D eigenvalue weighted by atomic mass is 10.4. The number of hydrogen-bond acceptors (Lipinski definition) is 1. The second kappa shape index (κ2) is 5.10. The molecule has 10 heavy (non-hydrogen) atoms. The van der Waals surface area contributed by atoms with Crippen LogP contribution >= 0.6 is 23.2 Å². The van der Waals surface area contributed by atoms with Crippen molar-refractivity contribution in [2.24, 2.45) is 0 Å². The fourth-order valence-electron chi connectivity index (χ4n) is 0.460. The van der Waals surface area contributed by atoms with E-state index in [1.54, 1.807) is 18.2 Å². The number of hydrogen-bond donors (Lipinski definition) is 0. The number of halogens is 2. The first-order valence-corrected chi connectivity index (χ1v) is 3.21. The van der Waals surface area contributed by atoms with Gasteiger partial charge in [0.1, 0.15) is 0 Å². The van der Waals surface area contributed by atoms with Crippen LogP contribution in [0.1, 0.15) is 0 Å². The average molecular weight is 174 g/mol. The molecule has 0 bridgehead atoms. The summed E-state index contributed by atoms with van der Waals surface area (Å²) in [5, 5.41) is 7.86. The van der Waals surface area contributed by atoms with Gasteiger partial charge < -0.3 is 0 Å². The Morgan fingerprint density at radius 1 is 1.10 bits per heavy atom. The zero-order valence-corrected chi connectivity index (χ0v) is 6.60. The summed E-state index contributed by atoms with van der Waals surface area (Å²) < 4.78 is 0. The van der Waals surface area contributed by atoms with E-state index < -0.39 is 0 Å². The first-order chi connectivity index (χ1) is 4.79. The molecule has 52 valence electrons. The average Bonchev–Trinajstić information content (AvgIpc) is 1.91. The molecule has 0 aliphatic carbocycles. The zero-order chi connectivity index (χ0) is 7.98. The lowest BCUT2D eigenvalue weighted by Gasteiger charge is -1.86. The van der Waals surface area contributed by atoms with Crippen LogP contribution in [0.15, 0.2) is 24.3 Å². The predicted molar refractivity (Wildman–Crippen MR) is 43.1 cm³/mol. The van der Waals surface area contributed by atoms with Gasteiger partial charge in [0.15, 0.2) is 0 Å². The smallest absolute Gasteiger partial charge is 0.0462 e. The van der Waals surface area contributed by atoms with E-state index in [0.29, 0.717) is 10.0 Å². The van der Waals surface area contributed by atoms with Crippen LogP contribution in [0.4, 0.5) is 0 Å². The van der Waals surface area contributed by atoms with E-state index in [1.165, 1.54) is 0 Å². The summed E-state index contributed by atoms with van der Waals surface area (Å²) in [7, 11) is 0. The highest BCUT2D eigenvalue weighted by molar-refractivity contribution is 6.34. The molecule has 3 heteroatoms. The molecule has 0 saturated heterocycles. The Hall–Kier alpha value is -0.710. The Morgan fingerprint density at radius 3 is 1.70 bits per heavy atom. The Bertz CT molecular complexity index is 203. The number of rotatable bonds is 0. The second-order valence-electron chi connectivity index (χ2n) is 1.44. The van der Waals surface area contributed by atoms with Crippen LogP contribution in [0.3, 0.4) is 0 Å². The van der Waals surface area contributed by atoms with Crippen molar-refractivity contribution in [3.63, 3.8) is 0 Å². The molecule has 0 aromatic heterocycles. The SMILES string of the molecule is C#N.Clc1cccc(Cl)c1. The van der Waals surface area contributed by atoms with Crippen molar-refractivity contribution in [1.82, 2.24) is 0 Å². The molecular formula is C7H5Cl2N. The molecule has 1 rings (SSSR count). The number of benzene rings is 1. The van der Waals surface area contributed by atoms with Crippen molar-refractivity contribution in [1.29, 1.82) is 5.26 Å². The topological polar surface area (TPSA) is 23.8 Å². The predicted octanol–water partition coefficient (Wildman–Crippen LogP) is 3.13. The summed E-state index contributed by atoms with van der Waals surface area (Å²) in [5.74, 6) is 0. The lowest BCUT2D eigenvalue weighted by Crippen LogP contribution is -1.61. The van der Waals surface area contributed by atoms with Gasteiger partial charge >= 0.3 is 0 Å². The third-order valence-electron chi connectivity index (χ3n) is 0.787. The molecule has 1 nitrogen and oxygen atoms in total. The zero-order valence-electron chi connectivity index (χ0n) is 5.09. The molecule has 1 aromatic rings. The minimum atomic E-state index is 0.678. The van der Waals surface area contributed by atoms with Gasteiger partial charge in [-0.25, -0.2) is 5.26 Å². The van der Waals surface area contributed by atoms with Crippen molar-refractivity contribution in [3.05, 3.63) is 34.3 Å². The van der Waals surface area contributed by atoms with Crippen molar-refractivity contribution < 1.29 is 0 Å². The standard InChI is InChI=1S/C6H4Cl2.CHN/c7-5-2-1-3-6(8)4-5;1-2/h1-4H;1H. The van der Waals surface area contributed by atoms with E-state index in [9.17, 15) is 0 Å². The normalized spacial score (nSPS) is 7.60. The Kier molecular flexibility index (Phi) is 4.74. The van der Waals surface area contributed by atoms with E-state index in [-0.39, 0.29) is 0 Å². The molecule has 1 aromatic carbocycles. The highest BCUT2D eigenvalue weighted by atomic mass is 35.5. The molecule has 0 aliphatic rings. The number of nitrogens with zero attached hydrogens (tertiary/aromatic N) is 1. The Balaban J connectivity index is 0.000000371. The minimum absolute atomic E-state index is 0.678. The summed E-state index contributed by atoms with van der Waals surface area (Å²) in [6.07, 6.45) is 0. The van der Waals surface area contributed by atoms with E-state index >= 15 is 0 Å². The molecule has 0 saturated carbocycles. The fourth-order valence-corrected chi connectivity index (χ4v) is 0.896. The van der Waals surface area contributed by atoms with Crippen LogP contribution in [0, 0.1) is 11.8 Å². The largest absolute Gasteiger partial charge is 0.202 e. The summed E-state index contributed by atoms with van der Waals surface area (Å²) in [6, 6.07) is 7.08. The molecule has 0 unspecified atom stereocenters. The van der Waals surface area contributed by atoms with Gasteiger partial charge in [0.2, 0.25) is 0 Å². The van der Waals surface area contributed by atoms with Gasteiger partial charge in [-0.3, -0.25) is 0 Å². The van der Waals surface area contributed by atoms with Crippen LogP contribution < -0.4 is 0 Å². The maximum Gasteiger partial charge on any atom is 0.0462 e. The van der Waals surface area contributed by atoms with Crippen molar-refractivity contribution in [3.8, 4) is 6.57 Å². The highest BCUT2D eigenvalue weighted by Crippen LogP contribution is 2.13.